The molecule has 0 aliphatic heterocycles. The summed E-state index contributed by atoms with van der Waals surface area (Å²) < 4.78 is 5.55. The van der Waals surface area contributed by atoms with E-state index in [1.54, 1.807) is 0 Å². The first-order valence-electron chi connectivity index (χ1n) is 6.61. The Bertz CT molecular complexity index is 575. The van der Waals surface area contributed by atoms with Crippen molar-refractivity contribution in [1.82, 2.24) is 10.2 Å². The molecule has 0 saturated carbocycles. The molecule has 1 N–H and O–H groups in total. The quantitative estimate of drug-likeness (QED) is 0.876. The van der Waals surface area contributed by atoms with Gasteiger partial charge in [-0.05, 0) is 18.4 Å². The lowest BCUT2D eigenvalue weighted by Gasteiger charge is -2.03. The number of aryl methyl sites for hydroxylation is 1. The molecule has 0 spiro atoms. The summed E-state index contributed by atoms with van der Waals surface area (Å²) in [6.07, 6.45) is 1.20. The molecule has 0 radical (unpaired) electrons. The second-order valence-electron chi connectivity index (χ2n) is 5.16. The van der Waals surface area contributed by atoms with Crippen molar-refractivity contribution in [2.45, 2.75) is 33.1 Å². The van der Waals surface area contributed by atoms with Crippen molar-refractivity contribution in [3.63, 3.8) is 0 Å². The van der Waals surface area contributed by atoms with Crippen molar-refractivity contribution < 1.29 is 14.3 Å². The first-order valence-corrected chi connectivity index (χ1v) is 6.61. The lowest BCUT2D eigenvalue weighted by molar-refractivity contribution is -0.137. The van der Waals surface area contributed by atoms with Crippen LogP contribution in [0.1, 0.15) is 36.3 Å². The molecular formula is C15H18N2O3. The van der Waals surface area contributed by atoms with Crippen LogP contribution in [0.25, 0.3) is 0 Å². The van der Waals surface area contributed by atoms with Gasteiger partial charge in [0.25, 0.3) is 0 Å². The summed E-state index contributed by atoms with van der Waals surface area (Å²) >= 11 is 0. The van der Waals surface area contributed by atoms with Crippen LogP contribution in [0.4, 0.5) is 0 Å². The van der Waals surface area contributed by atoms with Crippen LogP contribution in [0.3, 0.4) is 0 Å². The highest BCUT2D eigenvalue weighted by Gasteiger charge is 2.13. The van der Waals surface area contributed by atoms with E-state index < -0.39 is 5.97 Å². The van der Waals surface area contributed by atoms with Crippen LogP contribution in [0.5, 0.6) is 0 Å². The third kappa shape index (κ3) is 4.19. The van der Waals surface area contributed by atoms with E-state index in [2.05, 4.69) is 10.2 Å². The SMILES string of the molecule is Cc1ccc(Cc2nnc(CC(C)CC(=O)O)o2)cc1. The van der Waals surface area contributed by atoms with Crippen LogP contribution in [-0.2, 0) is 17.6 Å². The number of carbonyl (C=O) groups is 1. The van der Waals surface area contributed by atoms with Gasteiger partial charge in [-0.1, -0.05) is 36.8 Å². The number of benzene rings is 1. The van der Waals surface area contributed by atoms with Gasteiger partial charge in [-0.2, -0.15) is 0 Å². The van der Waals surface area contributed by atoms with Gasteiger partial charge in [0.1, 0.15) is 0 Å². The fourth-order valence-electron chi connectivity index (χ4n) is 1.99. The number of carboxylic acid groups (broad SMARTS) is 1. The van der Waals surface area contributed by atoms with Crippen LogP contribution in [0.2, 0.25) is 0 Å². The van der Waals surface area contributed by atoms with E-state index in [-0.39, 0.29) is 12.3 Å². The van der Waals surface area contributed by atoms with Crippen molar-refractivity contribution >= 4 is 5.97 Å². The molecule has 20 heavy (non-hydrogen) atoms. The van der Waals surface area contributed by atoms with Crippen LogP contribution in [0, 0.1) is 12.8 Å². The predicted octanol–water partition coefficient (Wildman–Crippen LogP) is 2.62. The molecule has 1 heterocycles. The summed E-state index contributed by atoms with van der Waals surface area (Å²) in [6.45, 7) is 3.90. The van der Waals surface area contributed by atoms with Crippen molar-refractivity contribution in [3.05, 3.63) is 47.2 Å². The lowest BCUT2D eigenvalue weighted by atomic mass is 10.0. The van der Waals surface area contributed by atoms with Crippen LogP contribution >= 0.6 is 0 Å². The highest BCUT2D eigenvalue weighted by atomic mass is 16.4. The molecule has 1 aromatic carbocycles. The fourth-order valence-corrected chi connectivity index (χ4v) is 1.99. The number of carboxylic acids is 1. The molecule has 5 nitrogen and oxygen atoms in total. The van der Waals surface area contributed by atoms with Gasteiger partial charge in [0.05, 0.1) is 6.42 Å². The minimum Gasteiger partial charge on any atom is -0.481 e. The van der Waals surface area contributed by atoms with E-state index >= 15 is 0 Å². The van der Waals surface area contributed by atoms with Gasteiger partial charge in [-0.15, -0.1) is 10.2 Å². The zero-order valence-corrected chi connectivity index (χ0v) is 11.7. The van der Waals surface area contributed by atoms with Crippen molar-refractivity contribution in [2.75, 3.05) is 0 Å². The van der Waals surface area contributed by atoms with E-state index in [0.717, 1.165) is 5.56 Å². The topological polar surface area (TPSA) is 76.2 Å². The van der Waals surface area contributed by atoms with Crippen molar-refractivity contribution in [3.8, 4) is 0 Å². The molecule has 0 fully saturated rings. The van der Waals surface area contributed by atoms with Crippen molar-refractivity contribution in [1.29, 1.82) is 0 Å². The van der Waals surface area contributed by atoms with Gasteiger partial charge in [-0.3, -0.25) is 4.79 Å². The van der Waals surface area contributed by atoms with Crippen LogP contribution in [0.15, 0.2) is 28.7 Å². The average Bonchev–Trinajstić information content (AvgIpc) is 2.78. The Morgan fingerprint density at radius 3 is 2.55 bits per heavy atom. The summed E-state index contributed by atoms with van der Waals surface area (Å²) in [5.74, 6) is 0.240. The second-order valence-corrected chi connectivity index (χ2v) is 5.16. The van der Waals surface area contributed by atoms with Gasteiger partial charge in [0, 0.05) is 12.8 Å². The highest BCUT2D eigenvalue weighted by molar-refractivity contribution is 5.66. The van der Waals surface area contributed by atoms with E-state index in [1.165, 1.54) is 5.56 Å². The molecule has 1 aromatic heterocycles. The van der Waals surface area contributed by atoms with E-state index in [4.69, 9.17) is 9.52 Å². The maximum absolute atomic E-state index is 10.6. The molecule has 1 unspecified atom stereocenters. The molecule has 1 atom stereocenters. The zero-order chi connectivity index (χ0) is 14.5. The number of nitrogens with zero attached hydrogens (tertiary/aromatic N) is 2. The van der Waals surface area contributed by atoms with E-state index in [0.29, 0.717) is 24.6 Å². The third-order valence-electron chi connectivity index (χ3n) is 3.03. The number of aliphatic carboxylic acids is 1. The molecule has 2 rings (SSSR count). The Kier molecular flexibility index (Phi) is 4.50. The lowest BCUT2D eigenvalue weighted by Crippen LogP contribution is -2.07. The zero-order valence-electron chi connectivity index (χ0n) is 11.7. The summed E-state index contributed by atoms with van der Waals surface area (Å²) in [5.41, 5.74) is 2.33. The van der Waals surface area contributed by atoms with Gasteiger partial charge in [0.2, 0.25) is 11.8 Å². The summed E-state index contributed by atoms with van der Waals surface area (Å²) in [4.78, 5) is 10.6. The summed E-state index contributed by atoms with van der Waals surface area (Å²) in [6, 6.07) is 8.15. The minimum atomic E-state index is -0.808. The molecule has 106 valence electrons. The maximum Gasteiger partial charge on any atom is 0.303 e. The Morgan fingerprint density at radius 1 is 1.25 bits per heavy atom. The van der Waals surface area contributed by atoms with Crippen molar-refractivity contribution in [2.24, 2.45) is 5.92 Å². The van der Waals surface area contributed by atoms with Crippen LogP contribution < -0.4 is 0 Å². The fraction of sp³-hybridized carbons (Fsp3) is 0.400. The second kappa shape index (κ2) is 6.32. The standard InChI is InChI=1S/C15H18N2O3/c1-10-3-5-12(6-4-10)9-14-17-16-13(20-14)7-11(2)8-15(18)19/h3-6,11H,7-9H2,1-2H3,(H,18,19). The van der Waals surface area contributed by atoms with Gasteiger partial charge >= 0.3 is 5.97 Å². The Balaban J connectivity index is 1.95. The van der Waals surface area contributed by atoms with Gasteiger partial charge in [-0.25, -0.2) is 0 Å². The maximum atomic E-state index is 10.6. The molecule has 0 saturated heterocycles. The summed E-state index contributed by atoms with van der Waals surface area (Å²) in [7, 11) is 0. The molecule has 5 heteroatoms. The molecule has 0 aliphatic carbocycles. The minimum absolute atomic E-state index is 0.0137. The Labute approximate surface area is 117 Å². The first kappa shape index (κ1) is 14.2. The molecule has 0 aliphatic rings. The monoisotopic (exact) mass is 274 g/mol. The number of hydrogen-bond acceptors (Lipinski definition) is 4. The number of aromatic nitrogens is 2. The smallest absolute Gasteiger partial charge is 0.303 e. The van der Waals surface area contributed by atoms with Gasteiger partial charge < -0.3 is 9.52 Å². The predicted molar refractivity (Wildman–Crippen MR) is 73.4 cm³/mol. The normalized spacial score (nSPS) is 12.3. The Morgan fingerprint density at radius 2 is 1.90 bits per heavy atom. The average molecular weight is 274 g/mol. The summed E-state index contributed by atoms with van der Waals surface area (Å²) in [5, 5.41) is 16.7. The molecular weight excluding hydrogens is 256 g/mol. The first-order chi connectivity index (χ1) is 9.52. The highest BCUT2D eigenvalue weighted by Crippen LogP contribution is 2.13. The molecule has 2 aromatic rings. The number of hydrogen-bond donors (Lipinski definition) is 1. The van der Waals surface area contributed by atoms with Gasteiger partial charge in [0.15, 0.2) is 0 Å². The third-order valence-corrected chi connectivity index (χ3v) is 3.03. The Hall–Kier alpha value is -2.17. The van der Waals surface area contributed by atoms with Crippen LogP contribution in [-0.4, -0.2) is 21.3 Å². The molecule has 0 amide bonds. The van der Waals surface area contributed by atoms with E-state index in [9.17, 15) is 4.79 Å². The number of rotatable bonds is 6. The largest absolute Gasteiger partial charge is 0.481 e. The van der Waals surface area contributed by atoms with E-state index in [1.807, 2.05) is 38.1 Å². The molecule has 0 bridgehead atoms.